The maximum atomic E-state index is 14.5. The van der Waals surface area contributed by atoms with Gasteiger partial charge < -0.3 is 4.74 Å². The summed E-state index contributed by atoms with van der Waals surface area (Å²) in [6, 6.07) is -2.05. The molecular formula is C14H20F9N3O7S3. The van der Waals surface area contributed by atoms with Crippen LogP contribution in [0.15, 0.2) is 12.3 Å². The van der Waals surface area contributed by atoms with E-state index in [2.05, 4.69) is 6.58 Å². The molecule has 1 aliphatic heterocycles. The van der Waals surface area contributed by atoms with Gasteiger partial charge in [-0.15, -0.1) is 0 Å². The molecule has 1 saturated heterocycles. The Labute approximate surface area is 200 Å². The molecule has 2 unspecified atom stereocenters. The number of rotatable bonds is 10. The van der Waals surface area contributed by atoms with E-state index < -0.39 is 81.3 Å². The fourth-order valence-corrected chi connectivity index (χ4v) is 7.07. The Kier molecular flexibility index (Phi) is 8.84. The van der Waals surface area contributed by atoms with E-state index in [0.29, 0.717) is 0 Å². The van der Waals surface area contributed by atoms with Crippen LogP contribution in [-0.4, -0.2) is 95.2 Å². The number of hydrogen-bond acceptors (Lipinski definition) is 8. The van der Waals surface area contributed by atoms with Crippen molar-refractivity contribution in [1.29, 1.82) is 0 Å². The van der Waals surface area contributed by atoms with Gasteiger partial charge >= 0.3 is 32.0 Å². The number of halogens is 9. The van der Waals surface area contributed by atoms with Crippen LogP contribution >= 0.6 is 0 Å². The van der Waals surface area contributed by atoms with Crippen LogP contribution < -0.4 is 4.13 Å². The number of hydrogen-bond donors (Lipinski definition) is 1. The van der Waals surface area contributed by atoms with Gasteiger partial charge in [0.1, 0.15) is 5.76 Å². The van der Waals surface area contributed by atoms with Gasteiger partial charge in [-0.1, -0.05) is 10.7 Å². The molecule has 1 aliphatic rings. The number of sulfonamides is 3. The summed E-state index contributed by atoms with van der Waals surface area (Å²) in [6.45, 7) is 3.91. The predicted molar refractivity (Wildman–Crippen MR) is 104 cm³/mol. The lowest BCUT2D eigenvalue weighted by molar-refractivity contribution is -0.245. The molecule has 0 aliphatic carbocycles. The molecule has 0 bridgehead atoms. The van der Waals surface area contributed by atoms with Gasteiger partial charge in [0.2, 0.25) is 0 Å². The van der Waals surface area contributed by atoms with Gasteiger partial charge in [-0.2, -0.15) is 43.8 Å². The van der Waals surface area contributed by atoms with Crippen LogP contribution in [0.25, 0.3) is 0 Å². The van der Waals surface area contributed by atoms with Gasteiger partial charge in [-0.25, -0.2) is 25.3 Å². The van der Waals surface area contributed by atoms with Crippen molar-refractivity contribution in [3.63, 3.8) is 0 Å². The lowest BCUT2D eigenvalue weighted by Gasteiger charge is -2.45. The van der Waals surface area contributed by atoms with Crippen LogP contribution in [0.2, 0.25) is 0 Å². The highest BCUT2D eigenvalue weighted by atomic mass is 32.3. The molecular weight excluding hydrogens is 589 g/mol. The van der Waals surface area contributed by atoms with E-state index in [1.54, 1.807) is 0 Å². The molecule has 0 amide bonds. The normalized spacial score (nSPS) is 22.4. The largest absolute Gasteiger partial charge is 0.512 e. The molecule has 36 heavy (non-hydrogen) atoms. The number of nitrogens with zero attached hydrogens (tertiary/aromatic N) is 2. The number of ether oxygens (including phenoxy) is 1. The standard InChI is InChI=1S/C14H20F9N3O7S3/c1-8-5-25(6-9(2)26(8)7-10(3)33-4)36(31,32)13(19,20)11(15,16)12(17,18)34(27,28)24-35(29,30)14(21,22)23/h8-9,24H,3,5-7H2,1-2,4H3. The van der Waals surface area contributed by atoms with Crippen LogP contribution in [0.4, 0.5) is 39.5 Å². The minimum absolute atomic E-state index is 0.0745. The zero-order valence-corrected chi connectivity index (χ0v) is 20.8. The average molecular weight is 610 g/mol. The van der Waals surface area contributed by atoms with E-state index in [-0.39, 0.29) is 16.6 Å². The Hall–Kier alpha value is -1.36. The van der Waals surface area contributed by atoms with Crippen LogP contribution in [0, 0.1) is 0 Å². The highest BCUT2D eigenvalue weighted by molar-refractivity contribution is 8.05. The maximum Gasteiger partial charge on any atom is 0.512 e. The Bertz CT molecular complexity index is 1160. The van der Waals surface area contributed by atoms with Gasteiger partial charge in [0.25, 0.3) is 20.0 Å². The molecule has 0 spiro atoms. The first kappa shape index (κ1) is 32.7. The first-order valence-electron chi connectivity index (χ1n) is 9.16. The van der Waals surface area contributed by atoms with Gasteiger partial charge in [-0.05, 0) is 13.8 Å². The molecule has 0 radical (unpaired) electrons. The quantitative estimate of drug-likeness (QED) is 0.291. The van der Waals surface area contributed by atoms with Crippen LogP contribution in [0.1, 0.15) is 13.8 Å². The maximum absolute atomic E-state index is 14.5. The van der Waals surface area contributed by atoms with Crippen molar-refractivity contribution >= 4 is 30.1 Å². The molecule has 214 valence electrons. The summed E-state index contributed by atoms with van der Waals surface area (Å²) in [7, 11) is -20.7. The van der Waals surface area contributed by atoms with Gasteiger partial charge in [0.15, 0.2) is 0 Å². The molecule has 22 heteroatoms. The number of alkyl halides is 9. The van der Waals surface area contributed by atoms with Crippen molar-refractivity contribution in [3.8, 4) is 0 Å². The second kappa shape index (κ2) is 9.75. The lowest BCUT2D eigenvalue weighted by Crippen LogP contribution is -2.67. The molecule has 0 aromatic carbocycles. The Morgan fingerprint density at radius 3 is 1.64 bits per heavy atom. The van der Waals surface area contributed by atoms with Crippen molar-refractivity contribution in [3.05, 3.63) is 12.3 Å². The molecule has 0 saturated carbocycles. The third-order valence-electron chi connectivity index (χ3n) is 4.97. The first-order chi connectivity index (χ1) is 15.7. The number of methoxy groups -OCH3 is 1. The summed E-state index contributed by atoms with van der Waals surface area (Å²) in [5.41, 5.74) is -6.64. The minimum atomic E-state index is -7.82. The zero-order chi connectivity index (χ0) is 28.9. The lowest BCUT2D eigenvalue weighted by atomic mass is 10.1. The Balaban J connectivity index is 3.44. The van der Waals surface area contributed by atoms with E-state index in [4.69, 9.17) is 4.74 Å². The summed E-state index contributed by atoms with van der Waals surface area (Å²) in [4.78, 5) is 1.43. The molecule has 1 N–H and O–H groups in total. The van der Waals surface area contributed by atoms with Gasteiger partial charge in [0, 0.05) is 25.2 Å². The highest BCUT2D eigenvalue weighted by Crippen LogP contribution is 2.51. The van der Waals surface area contributed by atoms with Gasteiger partial charge in [-0.3, -0.25) is 4.90 Å². The predicted octanol–water partition coefficient (Wildman–Crippen LogP) is 1.46. The molecule has 1 heterocycles. The van der Waals surface area contributed by atoms with E-state index in [0.717, 1.165) is 0 Å². The van der Waals surface area contributed by atoms with E-state index >= 15 is 0 Å². The zero-order valence-electron chi connectivity index (χ0n) is 18.4. The summed E-state index contributed by atoms with van der Waals surface area (Å²) >= 11 is 0. The van der Waals surface area contributed by atoms with Crippen LogP contribution in [0.5, 0.6) is 0 Å². The number of piperazine rings is 1. The van der Waals surface area contributed by atoms with Crippen LogP contribution in [0.3, 0.4) is 0 Å². The monoisotopic (exact) mass is 609 g/mol. The second-order valence-corrected chi connectivity index (χ2v) is 13.2. The minimum Gasteiger partial charge on any atom is -0.500 e. The topological polar surface area (TPSA) is 130 Å². The molecule has 1 rings (SSSR count). The fourth-order valence-electron chi connectivity index (χ4n) is 2.99. The third kappa shape index (κ3) is 5.42. The first-order valence-corrected chi connectivity index (χ1v) is 13.6. The van der Waals surface area contributed by atoms with Crippen molar-refractivity contribution < 1.29 is 69.5 Å². The summed E-state index contributed by atoms with van der Waals surface area (Å²) in [6.07, 6.45) is 0. The van der Waals surface area contributed by atoms with Crippen molar-refractivity contribution in [2.75, 3.05) is 26.7 Å². The average Bonchev–Trinajstić information content (AvgIpc) is 2.67. The summed E-state index contributed by atoms with van der Waals surface area (Å²) in [5, 5.41) is -14.3. The van der Waals surface area contributed by atoms with Crippen LogP contribution in [-0.2, 0) is 34.8 Å². The molecule has 2 atom stereocenters. The number of nitrogens with one attached hydrogen (secondary N) is 1. The molecule has 1 fully saturated rings. The highest BCUT2D eigenvalue weighted by Gasteiger charge is 2.83. The molecule has 10 nitrogen and oxygen atoms in total. The SMILES string of the molecule is C=C(CN1C(C)CN(S(=O)(=O)C(F)(F)C(F)(F)C(F)(F)S(=O)(=O)NS(=O)(=O)C(F)(F)F)CC1C)OC. The molecule has 0 aromatic rings. The van der Waals surface area contributed by atoms with Crippen molar-refractivity contribution in [2.45, 2.75) is 47.9 Å². The molecule has 0 aromatic heterocycles. The van der Waals surface area contributed by atoms with E-state index in [1.165, 1.54) is 25.9 Å². The van der Waals surface area contributed by atoms with E-state index in [9.17, 15) is 64.8 Å². The fraction of sp³-hybridized carbons (Fsp3) is 0.857. The van der Waals surface area contributed by atoms with Crippen molar-refractivity contribution in [1.82, 2.24) is 13.3 Å². The smallest absolute Gasteiger partial charge is 0.500 e. The van der Waals surface area contributed by atoms with E-state index in [1.807, 2.05) is 0 Å². The van der Waals surface area contributed by atoms with Gasteiger partial charge in [0.05, 0.1) is 13.7 Å². The van der Waals surface area contributed by atoms with Crippen molar-refractivity contribution in [2.24, 2.45) is 0 Å². The third-order valence-corrected chi connectivity index (χ3v) is 10.2. The second-order valence-electron chi connectivity index (χ2n) is 7.58. The summed E-state index contributed by atoms with van der Waals surface area (Å²) < 4.78 is 195. The Morgan fingerprint density at radius 2 is 1.28 bits per heavy atom. The Morgan fingerprint density at radius 1 is 0.861 bits per heavy atom. The summed E-state index contributed by atoms with van der Waals surface area (Å²) in [5.74, 6) is -7.33.